The molecule has 0 saturated carbocycles. The number of anilines is 2. The molecule has 16 heavy (non-hydrogen) atoms. The summed E-state index contributed by atoms with van der Waals surface area (Å²) in [5, 5.41) is 0. The summed E-state index contributed by atoms with van der Waals surface area (Å²) >= 11 is 3.21. The fourth-order valence-electron chi connectivity index (χ4n) is 1.66. The number of aromatic nitrogens is 2. The minimum Gasteiger partial charge on any atom is -0.381 e. The summed E-state index contributed by atoms with van der Waals surface area (Å²) in [5.41, 5.74) is 5.70. The normalized spacial score (nSPS) is 20.2. The summed E-state index contributed by atoms with van der Waals surface area (Å²) in [6.07, 6.45) is 3.74. The number of hydrogen-bond donors (Lipinski definition) is 1. The Labute approximate surface area is 101 Å². The van der Waals surface area contributed by atoms with Crippen molar-refractivity contribution in [2.45, 2.75) is 6.42 Å². The molecule has 6 heteroatoms. The SMILES string of the molecule is C=CC1CC(=O)N(c2nc(Br)cnc2N)C1. The summed E-state index contributed by atoms with van der Waals surface area (Å²) in [6, 6.07) is 0. The fourth-order valence-corrected chi connectivity index (χ4v) is 1.93. The Bertz CT molecular complexity index is 448. The first-order chi connectivity index (χ1) is 7.61. The van der Waals surface area contributed by atoms with Crippen LogP contribution in [0.3, 0.4) is 0 Å². The first-order valence-electron chi connectivity index (χ1n) is 4.82. The highest BCUT2D eigenvalue weighted by molar-refractivity contribution is 9.10. The number of halogens is 1. The zero-order valence-corrected chi connectivity index (χ0v) is 10.1. The van der Waals surface area contributed by atoms with Gasteiger partial charge in [0, 0.05) is 18.9 Å². The van der Waals surface area contributed by atoms with Gasteiger partial charge in [0.25, 0.3) is 0 Å². The van der Waals surface area contributed by atoms with Gasteiger partial charge in [-0.2, -0.15) is 0 Å². The van der Waals surface area contributed by atoms with Crippen molar-refractivity contribution in [2.24, 2.45) is 5.92 Å². The lowest BCUT2D eigenvalue weighted by molar-refractivity contribution is -0.117. The lowest BCUT2D eigenvalue weighted by Gasteiger charge is -2.16. The van der Waals surface area contributed by atoms with Crippen LogP contribution in [0, 0.1) is 5.92 Å². The van der Waals surface area contributed by atoms with Crippen molar-refractivity contribution in [1.82, 2.24) is 9.97 Å². The Morgan fingerprint density at radius 1 is 1.69 bits per heavy atom. The predicted molar refractivity (Wildman–Crippen MR) is 64.8 cm³/mol. The van der Waals surface area contributed by atoms with E-state index < -0.39 is 0 Å². The lowest BCUT2D eigenvalue weighted by atomic mass is 10.1. The third-order valence-corrected chi connectivity index (χ3v) is 2.88. The molecule has 1 atom stereocenters. The largest absolute Gasteiger partial charge is 0.381 e. The molecule has 1 fully saturated rings. The van der Waals surface area contributed by atoms with E-state index in [0.29, 0.717) is 23.4 Å². The van der Waals surface area contributed by atoms with Crippen molar-refractivity contribution in [3.05, 3.63) is 23.5 Å². The monoisotopic (exact) mass is 282 g/mol. The molecule has 84 valence electrons. The van der Waals surface area contributed by atoms with Crippen molar-refractivity contribution in [2.75, 3.05) is 17.2 Å². The van der Waals surface area contributed by atoms with Crippen LogP contribution in [0.25, 0.3) is 0 Å². The maximum Gasteiger partial charge on any atom is 0.228 e. The highest BCUT2D eigenvalue weighted by Crippen LogP contribution is 2.28. The molecule has 1 aliphatic heterocycles. The molecule has 0 spiro atoms. The number of nitrogen functional groups attached to an aromatic ring is 1. The number of rotatable bonds is 2. The summed E-state index contributed by atoms with van der Waals surface area (Å²) in [4.78, 5) is 21.4. The quantitative estimate of drug-likeness (QED) is 0.832. The Balaban J connectivity index is 2.34. The first-order valence-corrected chi connectivity index (χ1v) is 5.62. The smallest absolute Gasteiger partial charge is 0.228 e. The van der Waals surface area contributed by atoms with E-state index in [1.165, 1.54) is 6.20 Å². The van der Waals surface area contributed by atoms with E-state index in [1.54, 1.807) is 11.0 Å². The molecule has 2 N–H and O–H groups in total. The van der Waals surface area contributed by atoms with Crippen LogP contribution in [0.15, 0.2) is 23.5 Å². The molecule has 0 aromatic carbocycles. The van der Waals surface area contributed by atoms with Gasteiger partial charge >= 0.3 is 0 Å². The summed E-state index contributed by atoms with van der Waals surface area (Å²) in [7, 11) is 0. The van der Waals surface area contributed by atoms with Crippen LogP contribution in [0.2, 0.25) is 0 Å². The summed E-state index contributed by atoms with van der Waals surface area (Å²) in [5.74, 6) is 0.849. The Morgan fingerprint density at radius 2 is 2.44 bits per heavy atom. The summed E-state index contributed by atoms with van der Waals surface area (Å²) < 4.78 is 0.562. The molecule has 2 rings (SSSR count). The molecule has 0 radical (unpaired) electrons. The predicted octanol–water partition coefficient (Wildman–Crippen LogP) is 1.36. The Morgan fingerprint density at radius 3 is 3.06 bits per heavy atom. The molecule has 1 aliphatic rings. The highest BCUT2D eigenvalue weighted by Gasteiger charge is 2.31. The van der Waals surface area contributed by atoms with Gasteiger partial charge in [-0.3, -0.25) is 9.69 Å². The van der Waals surface area contributed by atoms with E-state index in [9.17, 15) is 4.79 Å². The van der Waals surface area contributed by atoms with E-state index in [4.69, 9.17) is 5.73 Å². The van der Waals surface area contributed by atoms with Crippen LogP contribution in [-0.2, 0) is 4.79 Å². The maximum atomic E-state index is 11.7. The second-order valence-corrected chi connectivity index (χ2v) is 4.42. The fraction of sp³-hybridized carbons (Fsp3) is 0.300. The first kappa shape index (κ1) is 11.1. The van der Waals surface area contributed by atoms with Crippen LogP contribution >= 0.6 is 15.9 Å². The zero-order chi connectivity index (χ0) is 11.7. The van der Waals surface area contributed by atoms with Gasteiger partial charge in [-0.15, -0.1) is 6.58 Å². The molecule has 0 bridgehead atoms. The van der Waals surface area contributed by atoms with Crippen LogP contribution in [0.4, 0.5) is 11.6 Å². The maximum absolute atomic E-state index is 11.7. The van der Waals surface area contributed by atoms with E-state index >= 15 is 0 Å². The van der Waals surface area contributed by atoms with Gasteiger partial charge in [0.15, 0.2) is 11.6 Å². The number of carbonyl (C=O) groups excluding carboxylic acids is 1. The molecule has 5 nitrogen and oxygen atoms in total. The van der Waals surface area contributed by atoms with E-state index in [1.807, 2.05) is 0 Å². The molecule has 2 heterocycles. The van der Waals surface area contributed by atoms with Gasteiger partial charge < -0.3 is 5.73 Å². The van der Waals surface area contributed by atoms with Gasteiger partial charge in [-0.1, -0.05) is 6.08 Å². The van der Waals surface area contributed by atoms with Crippen molar-refractivity contribution in [3.8, 4) is 0 Å². The van der Waals surface area contributed by atoms with Gasteiger partial charge in [-0.25, -0.2) is 9.97 Å². The third-order valence-electron chi connectivity index (χ3n) is 2.50. The molecular weight excluding hydrogens is 272 g/mol. The molecule has 1 saturated heterocycles. The number of hydrogen-bond acceptors (Lipinski definition) is 4. The van der Waals surface area contributed by atoms with Crippen LogP contribution in [0.5, 0.6) is 0 Å². The van der Waals surface area contributed by atoms with Crippen molar-refractivity contribution >= 4 is 33.5 Å². The van der Waals surface area contributed by atoms with Crippen molar-refractivity contribution in [3.63, 3.8) is 0 Å². The zero-order valence-electron chi connectivity index (χ0n) is 8.56. The number of nitrogens with zero attached hydrogens (tertiary/aromatic N) is 3. The van der Waals surface area contributed by atoms with Crippen LogP contribution in [0.1, 0.15) is 6.42 Å². The van der Waals surface area contributed by atoms with Gasteiger partial charge in [0.05, 0.1) is 6.20 Å². The Hall–Kier alpha value is -1.43. The third kappa shape index (κ3) is 1.92. The topological polar surface area (TPSA) is 72.1 Å². The summed E-state index contributed by atoms with van der Waals surface area (Å²) in [6.45, 7) is 4.26. The molecule has 1 aromatic heterocycles. The van der Waals surface area contributed by atoms with Gasteiger partial charge in [0.1, 0.15) is 4.60 Å². The standard InChI is InChI=1S/C10H11BrN4O/c1-2-6-3-8(16)15(5-6)10-9(12)13-4-7(11)14-10/h2,4,6H,1,3,5H2,(H2,12,13). The van der Waals surface area contributed by atoms with Crippen LogP contribution < -0.4 is 10.6 Å². The minimum atomic E-state index is 0.00370. The Kier molecular flexibility index (Phi) is 2.91. The van der Waals surface area contributed by atoms with E-state index in [0.717, 1.165) is 0 Å². The number of nitrogens with two attached hydrogens (primary N) is 1. The number of carbonyl (C=O) groups is 1. The second-order valence-electron chi connectivity index (χ2n) is 3.61. The molecule has 0 aliphatic carbocycles. The molecule has 1 unspecified atom stereocenters. The molecule has 1 amide bonds. The van der Waals surface area contributed by atoms with Crippen LogP contribution in [-0.4, -0.2) is 22.4 Å². The minimum absolute atomic E-state index is 0.00370. The number of amides is 1. The van der Waals surface area contributed by atoms with Crippen molar-refractivity contribution < 1.29 is 4.79 Å². The van der Waals surface area contributed by atoms with Gasteiger partial charge in [0.2, 0.25) is 5.91 Å². The molecular formula is C10H11BrN4O. The highest BCUT2D eigenvalue weighted by atomic mass is 79.9. The average Bonchev–Trinajstić information content (AvgIpc) is 2.63. The van der Waals surface area contributed by atoms with Crippen molar-refractivity contribution in [1.29, 1.82) is 0 Å². The van der Waals surface area contributed by atoms with E-state index in [2.05, 4.69) is 32.5 Å². The second kappa shape index (κ2) is 4.21. The average molecular weight is 283 g/mol. The van der Waals surface area contributed by atoms with E-state index in [-0.39, 0.29) is 17.6 Å². The van der Waals surface area contributed by atoms with Gasteiger partial charge in [-0.05, 0) is 15.9 Å². The molecule has 1 aromatic rings. The lowest BCUT2D eigenvalue weighted by Crippen LogP contribution is -2.26.